The molecule has 2 rings (SSSR count). The molecule has 2 bridgehead atoms. The molecule has 0 radical (unpaired) electrons. The Morgan fingerprint density at radius 3 is 2.55 bits per heavy atom. The van der Waals surface area contributed by atoms with Crippen LogP contribution in [-0.4, -0.2) is 48.3 Å². The molecule has 3 nitrogen and oxygen atoms in total. The van der Waals surface area contributed by atoms with Crippen molar-refractivity contribution in [2.45, 2.75) is 64.5 Å². The van der Waals surface area contributed by atoms with E-state index in [1.54, 1.807) is 0 Å². The minimum atomic E-state index is -0.142. The van der Waals surface area contributed by atoms with E-state index in [4.69, 9.17) is 0 Å². The van der Waals surface area contributed by atoms with Gasteiger partial charge in [-0.3, -0.25) is 0 Å². The molecule has 4 atom stereocenters. The van der Waals surface area contributed by atoms with Crippen LogP contribution in [0.25, 0.3) is 0 Å². The second kappa shape index (κ2) is 6.76. The molecule has 2 fully saturated rings. The molecule has 2 saturated carbocycles. The number of hydrogen-bond acceptors (Lipinski definition) is 3. The summed E-state index contributed by atoms with van der Waals surface area (Å²) < 4.78 is 0. The molecule has 2 N–H and O–H groups in total. The SMILES string of the molecule is CC(C)NC(C)(CO)CCN(C)CC1CC2CCC1C2. The fraction of sp³-hybridized carbons (Fsp3) is 1.00. The first-order chi connectivity index (χ1) is 9.42. The lowest BCUT2D eigenvalue weighted by Gasteiger charge is -2.34. The second-order valence-electron chi connectivity index (χ2n) is 7.96. The van der Waals surface area contributed by atoms with Crippen LogP contribution in [0.4, 0.5) is 0 Å². The van der Waals surface area contributed by atoms with E-state index in [9.17, 15) is 5.11 Å². The van der Waals surface area contributed by atoms with Gasteiger partial charge in [0.05, 0.1) is 6.61 Å². The number of rotatable bonds is 8. The molecule has 0 aliphatic heterocycles. The summed E-state index contributed by atoms with van der Waals surface area (Å²) in [6.45, 7) is 8.97. The second-order valence-corrected chi connectivity index (χ2v) is 7.96. The Bertz CT molecular complexity index is 307. The maximum Gasteiger partial charge on any atom is 0.0611 e. The number of hydrogen-bond donors (Lipinski definition) is 2. The fourth-order valence-electron chi connectivity index (χ4n) is 4.42. The zero-order valence-corrected chi connectivity index (χ0v) is 13.9. The maximum absolute atomic E-state index is 9.64. The van der Waals surface area contributed by atoms with Gasteiger partial charge in [-0.05, 0) is 64.0 Å². The van der Waals surface area contributed by atoms with E-state index >= 15 is 0 Å². The highest BCUT2D eigenvalue weighted by atomic mass is 16.3. The topological polar surface area (TPSA) is 35.5 Å². The highest BCUT2D eigenvalue weighted by molar-refractivity contribution is 4.91. The van der Waals surface area contributed by atoms with Crippen LogP contribution in [-0.2, 0) is 0 Å². The Balaban J connectivity index is 1.72. The monoisotopic (exact) mass is 282 g/mol. The Hall–Kier alpha value is -0.120. The molecule has 20 heavy (non-hydrogen) atoms. The van der Waals surface area contributed by atoms with Crippen LogP contribution >= 0.6 is 0 Å². The average molecular weight is 282 g/mol. The first-order valence-electron chi connectivity index (χ1n) is 8.49. The number of nitrogens with one attached hydrogen (secondary N) is 1. The van der Waals surface area contributed by atoms with Gasteiger partial charge in [0, 0.05) is 18.1 Å². The Labute approximate surface area is 125 Å². The van der Waals surface area contributed by atoms with Crippen molar-refractivity contribution in [3.05, 3.63) is 0 Å². The molecule has 2 aliphatic rings. The van der Waals surface area contributed by atoms with E-state index in [0.29, 0.717) is 6.04 Å². The lowest BCUT2D eigenvalue weighted by Crippen LogP contribution is -2.50. The van der Waals surface area contributed by atoms with Crippen LogP contribution in [0.1, 0.15) is 52.9 Å². The number of nitrogens with zero attached hydrogens (tertiary/aromatic N) is 1. The number of aliphatic hydroxyl groups excluding tert-OH is 1. The highest BCUT2D eigenvalue weighted by Crippen LogP contribution is 2.48. The summed E-state index contributed by atoms with van der Waals surface area (Å²) in [7, 11) is 2.25. The van der Waals surface area contributed by atoms with E-state index in [0.717, 1.165) is 30.7 Å². The largest absolute Gasteiger partial charge is 0.394 e. The van der Waals surface area contributed by atoms with Crippen molar-refractivity contribution in [2.75, 3.05) is 26.7 Å². The predicted molar refractivity (Wildman–Crippen MR) is 84.8 cm³/mol. The van der Waals surface area contributed by atoms with Crippen LogP contribution in [0.5, 0.6) is 0 Å². The Morgan fingerprint density at radius 1 is 1.30 bits per heavy atom. The van der Waals surface area contributed by atoms with Gasteiger partial charge in [0.1, 0.15) is 0 Å². The number of aliphatic hydroxyl groups is 1. The molecule has 118 valence electrons. The molecular weight excluding hydrogens is 248 g/mol. The normalized spacial score (nSPS) is 32.2. The van der Waals surface area contributed by atoms with Crippen molar-refractivity contribution in [3.8, 4) is 0 Å². The van der Waals surface area contributed by atoms with Gasteiger partial charge in [-0.2, -0.15) is 0 Å². The van der Waals surface area contributed by atoms with Crippen molar-refractivity contribution in [3.63, 3.8) is 0 Å². The van der Waals surface area contributed by atoms with Gasteiger partial charge in [-0.25, -0.2) is 0 Å². The van der Waals surface area contributed by atoms with Crippen LogP contribution in [0.15, 0.2) is 0 Å². The third-order valence-corrected chi connectivity index (χ3v) is 5.46. The zero-order valence-electron chi connectivity index (χ0n) is 13.9. The third kappa shape index (κ3) is 4.19. The van der Waals surface area contributed by atoms with Crippen molar-refractivity contribution in [1.29, 1.82) is 0 Å². The van der Waals surface area contributed by atoms with Gasteiger partial charge >= 0.3 is 0 Å². The zero-order chi connectivity index (χ0) is 14.8. The summed E-state index contributed by atoms with van der Waals surface area (Å²) in [6.07, 6.45) is 6.95. The molecule has 0 heterocycles. The van der Waals surface area contributed by atoms with E-state index < -0.39 is 0 Å². The average Bonchev–Trinajstić information content (AvgIpc) is 2.98. The first-order valence-corrected chi connectivity index (χ1v) is 8.49. The molecule has 4 unspecified atom stereocenters. The van der Waals surface area contributed by atoms with Crippen molar-refractivity contribution in [1.82, 2.24) is 10.2 Å². The van der Waals surface area contributed by atoms with Gasteiger partial charge in [0.25, 0.3) is 0 Å². The lowest BCUT2D eigenvalue weighted by molar-refractivity contribution is 0.135. The molecule has 2 aliphatic carbocycles. The molecule has 0 aromatic carbocycles. The maximum atomic E-state index is 9.64. The van der Waals surface area contributed by atoms with Crippen molar-refractivity contribution in [2.24, 2.45) is 17.8 Å². The smallest absolute Gasteiger partial charge is 0.0611 e. The van der Waals surface area contributed by atoms with Gasteiger partial charge in [-0.15, -0.1) is 0 Å². The van der Waals surface area contributed by atoms with E-state index in [2.05, 4.69) is 38.0 Å². The molecule has 0 saturated heterocycles. The van der Waals surface area contributed by atoms with E-state index in [1.807, 2.05) is 0 Å². The summed E-state index contributed by atoms with van der Waals surface area (Å²) in [5.41, 5.74) is -0.142. The fourth-order valence-corrected chi connectivity index (χ4v) is 4.42. The summed E-state index contributed by atoms with van der Waals surface area (Å²) in [5, 5.41) is 13.1. The van der Waals surface area contributed by atoms with Gasteiger partial charge in [0.2, 0.25) is 0 Å². The van der Waals surface area contributed by atoms with Crippen LogP contribution < -0.4 is 5.32 Å². The Morgan fingerprint density at radius 2 is 2.05 bits per heavy atom. The van der Waals surface area contributed by atoms with E-state index in [-0.39, 0.29) is 12.1 Å². The molecule has 0 amide bonds. The summed E-state index contributed by atoms with van der Waals surface area (Å²) >= 11 is 0. The molecule has 0 aromatic heterocycles. The predicted octanol–water partition coefficient (Wildman–Crippen LogP) is 2.49. The quantitative estimate of drug-likeness (QED) is 0.718. The number of fused-ring (bicyclic) bond motifs is 2. The molecule has 3 heteroatoms. The minimum absolute atomic E-state index is 0.142. The summed E-state index contributed by atoms with van der Waals surface area (Å²) in [5.74, 6) is 3.00. The van der Waals surface area contributed by atoms with Crippen LogP contribution in [0.2, 0.25) is 0 Å². The van der Waals surface area contributed by atoms with Crippen LogP contribution in [0.3, 0.4) is 0 Å². The third-order valence-electron chi connectivity index (χ3n) is 5.46. The molecular formula is C17H34N2O. The van der Waals surface area contributed by atoms with Crippen LogP contribution in [0, 0.1) is 17.8 Å². The standard InChI is InChI=1S/C17H34N2O/c1-13(2)18-17(3,12-20)7-8-19(4)11-16-10-14-5-6-15(16)9-14/h13-16,18,20H,5-12H2,1-4H3. The van der Waals surface area contributed by atoms with Crippen molar-refractivity contribution < 1.29 is 5.11 Å². The molecule has 0 spiro atoms. The summed E-state index contributed by atoms with van der Waals surface area (Å²) in [4.78, 5) is 2.49. The van der Waals surface area contributed by atoms with Gasteiger partial charge in [-0.1, -0.05) is 20.3 Å². The van der Waals surface area contributed by atoms with Gasteiger partial charge in [0.15, 0.2) is 0 Å². The highest BCUT2D eigenvalue weighted by Gasteiger charge is 2.39. The summed E-state index contributed by atoms with van der Waals surface area (Å²) in [6, 6.07) is 0.419. The minimum Gasteiger partial charge on any atom is -0.394 e. The Kier molecular flexibility index (Phi) is 5.49. The van der Waals surface area contributed by atoms with Gasteiger partial charge < -0.3 is 15.3 Å². The lowest BCUT2D eigenvalue weighted by atomic mass is 9.88. The first kappa shape index (κ1) is 16.3. The van der Waals surface area contributed by atoms with Crippen molar-refractivity contribution >= 4 is 0 Å². The van der Waals surface area contributed by atoms with E-state index in [1.165, 1.54) is 32.2 Å². The molecule has 0 aromatic rings.